The van der Waals surface area contributed by atoms with Crippen molar-refractivity contribution in [1.29, 1.82) is 0 Å². The first-order chi connectivity index (χ1) is 10.2. The number of likely N-dealkylation sites (N-methyl/N-ethyl adjacent to an activating group) is 1. The average Bonchev–Trinajstić information content (AvgIpc) is 2.76. The molecule has 1 atom stereocenters. The van der Waals surface area contributed by atoms with Crippen molar-refractivity contribution < 1.29 is 27.5 Å². The number of hydrogen-bond acceptors (Lipinski definition) is 4. The number of carbonyl (C=O) groups is 1. The molecule has 0 aliphatic carbocycles. The zero-order valence-corrected chi connectivity index (χ0v) is 11.8. The van der Waals surface area contributed by atoms with Crippen LogP contribution in [-0.4, -0.2) is 46.9 Å². The number of fused-ring (bicyclic) bond motifs is 1. The fourth-order valence-electron chi connectivity index (χ4n) is 1.78. The van der Waals surface area contributed by atoms with Crippen molar-refractivity contribution in [3.63, 3.8) is 0 Å². The van der Waals surface area contributed by atoms with Crippen LogP contribution < -0.4 is 5.32 Å². The quantitative estimate of drug-likeness (QED) is 0.912. The minimum Gasteiger partial charge on any atom is -0.441 e. The summed E-state index contributed by atoms with van der Waals surface area (Å²) < 4.78 is 42.0. The van der Waals surface area contributed by atoms with E-state index >= 15 is 0 Å². The molecule has 22 heavy (non-hydrogen) atoms. The Bertz CT molecular complexity index is 684. The zero-order valence-electron chi connectivity index (χ0n) is 11.8. The summed E-state index contributed by atoms with van der Waals surface area (Å²) in [7, 11) is 1.15. The molecule has 1 aromatic heterocycles. The average molecular weight is 317 g/mol. The van der Waals surface area contributed by atoms with E-state index in [9.17, 15) is 18.0 Å². The highest BCUT2D eigenvalue weighted by molar-refractivity contribution is 5.91. The van der Waals surface area contributed by atoms with Crippen LogP contribution >= 0.6 is 0 Å². The number of aliphatic hydroxyl groups is 1. The normalized spacial score (nSPS) is 13.2. The van der Waals surface area contributed by atoms with Gasteiger partial charge in [0.1, 0.15) is 5.52 Å². The van der Waals surface area contributed by atoms with E-state index in [1.807, 2.05) is 0 Å². The second kappa shape index (κ2) is 5.84. The van der Waals surface area contributed by atoms with Crippen molar-refractivity contribution in [2.75, 3.05) is 18.9 Å². The largest absolute Gasteiger partial charge is 0.441 e. The number of halogens is 3. The summed E-state index contributed by atoms with van der Waals surface area (Å²) in [6.45, 7) is 0.809. The van der Waals surface area contributed by atoms with Gasteiger partial charge in [-0.2, -0.15) is 13.2 Å². The van der Waals surface area contributed by atoms with Gasteiger partial charge in [-0.3, -0.25) is 0 Å². The molecule has 120 valence electrons. The van der Waals surface area contributed by atoms with Crippen molar-refractivity contribution in [3.05, 3.63) is 24.1 Å². The van der Waals surface area contributed by atoms with Gasteiger partial charge in [0.15, 0.2) is 17.6 Å². The van der Waals surface area contributed by atoms with Gasteiger partial charge in [0.2, 0.25) is 0 Å². The summed E-state index contributed by atoms with van der Waals surface area (Å²) >= 11 is 0. The Hall–Kier alpha value is -2.29. The van der Waals surface area contributed by atoms with Gasteiger partial charge in [0.25, 0.3) is 0 Å². The molecule has 0 aliphatic rings. The highest BCUT2D eigenvalue weighted by atomic mass is 19.4. The molecule has 2 amide bonds. The maximum absolute atomic E-state index is 12.2. The number of aromatic nitrogens is 1. The Kier molecular flexibility index (Phi) is 4.27. The van der Waals surface area contributed by atoms with Crippen LogP contribution in [0.5, 0.6) is 0 Å². The van der Waals surface area contributed by atoms with Gasteiger partial charge in [-0.15, -0.1) is 0 Å². The Labute approximate surface area is 123 Å². The third-order valence-electron chi connectivity index (χ3n) is 2.92. The molecular formula is C13H14F3N3O3. The Morgan fingerprint density at radius 3 is 2.82 bits per heavy atom. The molecule has 1 heterocycles. The van der Waals surface area contributed by atoms with Crippen LogP contribution in [0, 0.1) is 6.92 Å². The smallest absolute Gasteiger partial charge is 0.416 e. The molecule has 0 saturated carbocycles. The maximum atomic E-state index is 12.2. The third-order valence-corrected chi connectivity index (χ3v) is 2.92. The number of aliphatic hydroxyl groups excluding tert-OH is 1. The van der Waals surface area contributed by atoms with Crippen molar-refractivity contribution in [2.24, 2.45) is 0 Å². The van der Waals surface area contributed by atoms with Gasteiger partial charge >= 0.3 is 12.2 Å². The molecule has 0 aliphatic heterocycles. The summed E-state index contributed by atoms with van der Waals surface area (Å²) in [5.74, 6) is 0.462. The molecule has 9 heteroatoms. The third kappa shape index (κ3) is 3.67. The Balaban J connectivity index is 2.03. The number of hydrogen-bond donors (Lipinski definition) is 2. The number of amides is 2. The van der Waals surface area contributed by atoms with Crippen molar-refractivity contribution in [2.45, 2.75) is 19.2 Å². The number of nitrogens with one attached hydrogen (secondary N) is 1. The summed E-state index contributed by atoms with van der Waals surface area (Å²) in [4.78, 5) is 16.6. The first-order valence-electron chi connectivity index (χ1n) is 6.31. The molecule has 1 unspecified atom stereocenters. The SMILES string of the molecule is Cc1nc2ccc(NC(=O)N(C)CC(O)C(F)(F)F)cc2o1. The minimum absolute atomic E-state index is 0.349. The molecule has 0 radical (unpaired) electrons. The first kappa shape index (κ1) is 16.1. The van der Waals surface area contributed by atoms with E-state index < -0.39 is 24.9 Å². The number of urea groups is 1. The summed E-state index contributed by atoms with van der Waals surface area (Å²) in [6.07, 6.45) is -7.37. The highest BCUT2D eigenvalue weighted by Gasteiger charge is 2.39. The second-order valence-corrected chi connectivity index (χ2v) is 4.78. The van der Waals surface area contributed by atoms with Gasteiger partial charge in [0, 0.05) is 25.7 Å². The predicted molar refractivity (Wildman–Crippen MR) is 72.5 cm³/mol. The molecule has 2 N–H and O–H groups in total. The van der Waals surface area contributed by atoms with Gasteiger partial charge in [-0.1, -0.05) is 0 Å². The maximum Gasteiger partial charge on any atom is 0.416 e. The molecule has 1 aromatic carbocycles. The number of aryl methyl sites for hydroxylation is 1. The van der Waals surface area contributed by atoms with E-state index in [0.29, 0.717) is 22.7 Å². The number of benzene rings is 1. The van der Waals surface area contributed by atoms with Gasteiger partial charge in [-0.25, -0.2) is 9.78 Å². The molecule has 0 fully saturated rings. The van der Waals surface area contributed by atoms with Gasteiger partial charge in [-0.05, 0) is 12.1 Å². The zero-order chi connectivity index (χ0) is 16.5. The number of nitrogens with zero attached hydrogens (tertiary/aromatic N) is 2. The van der Waals surface area contributed by atoms with E-state index in [-0.39, 0.29) is 0 Å². The topological polar surface area (TPSA) is 78.6 Å². The molecule has 6 nitrogen and oxygen atoms in total. The lowest BCUT2D eigenvalue weighted by atomic mass is 10.3. The molecular weight excluding hydrogens is 303 g/mol. The lowest BCUT2D eigenvalue weighted by molar-refractivity contribution is -0.205. The fraction of sp³-hybridized carbons (Fsp3) is 0.385. The standard InChI is InChI=1S/C13H14F3N3O3/c1-7-17-9-4-3-8(5-10(9)22-7)18-12(21)19(2)6-11(20)13(14,15)16/h3-5,11,20H,6H2,1-2H3,(H,18,21). The fourth-order valence-corrected chi connectivity index (χ4v) is 1.78. The van der Waals surface area contributed by atoms with Crippen molar-refractivity contribution in [3.8, 4) is 0 Å². The van der Waals surface area contributed by atoms with E-state index in [1.54, 1.807) is 19.1 Å². The Morgan fingerprint density at radius 1 is 1.50 bits per heavy atom. The molecule has 0 saturated heterocycles. The number of carbonyl (C=O) groups excluding carboxylic acids is 1. The molecule has 0 bridgehead atoms. The van der Waals surface area contributed by atoms with Crippen LogP contribution in [0.1, 0.15) is 5.89 Å². The highest BCUT2D eigenvalue weighted by Crippen LogP contribution is 2.22. The van der Waals surface area contributed by atoms with Crippen LogP contribution in [0.4, 0.5) is 23.7 Å². The lowest BCUT2D eigenvalue weighted by Crippen LogP contribution is -2.43. The van der Waals surface area contributed by atoms with Crippen LogP contribution in [-0.2, 0) is 0 Å². The Morgan fingerprint density at radius 2 is 2.18 bits per heavy atom. The lowest BCUT2D eigenvalue weighted by Gasteiger charge is -2.22. The first-order valence-corrected chi connectivity index (χ1v) is 6.31. The monoisotopic (exact) mass is 317 g/mol. The summed E-state index contributed by atoms with van der Waals surface area (Å²) in [5, 5.41) is 11.4. The van der Waals surface area contributed by atoms with Gasteiger partial charge < -0.3 is 19.7 Å². The van der Waals surface area contributed by atoms with E-state index in [1.165, 1.54) is 6.07 Å². The van der Waals surface area contributed by atoms with Crippen LogP contribution in [0.25, 0.3) is 11.1 Å². The summed E-state index contributed by atoms with van der Waals surface area (Å²) in [6, 6.07) is 3.91. The minimum atomic E-state index is -4.77. The number of rotatable bonds is 3. The van der Waals surface area contributed by atoms with Crippen LogP contribution in [0.15, 0.2) is 22.6 Å². The summed E-state index contributed by atoms with van der Waals surface area (Å²) in [5.41, 5.74) is 1.41. The predicted octanol–water partition coefficient (Wildman–Crippen LogP) is 2.52. The molecule has 2 aromatic rings. The van der Waals surface area contributed by atoms with Crippen molar-refractivity contribution >= 4 is 22.8 Å². The second-order valence-electron chi connectivity index (χ2n) is 4.78. The molecule has 0 spiro atoms. The van der Waals surface area contributed by atoms with Gasteiger partial charge in [0.05, 0.1) is 6.54 Å². The van der Waals surface area contributed by atoms with Crippen molar-refractivity contribution in [1.82, 2.24) is 9.88 Å². The van der Waals surface area contributed by atoms with E-state index in [0.717, 1.165) is 11.9 Å². The number of oxazole rings is 1. The van der Waals surface area contributed by atoms with Crippen LogP contribution in [0.3, 0.4) is 0 Å². The van der Waals surface area contributed by atoms with E-state index in [4.69, 9.17) is 9.52 Å². The molecule has 2 rings (SSSR count). The number of anilines is 1. The van der Waals surface area contributed by atoms with Crippen LogP contribution in [0.2, 0.25) is 0 Å². The van der Waals surface area contributed by atoms with E-state index in [2.05, 4.69) is 10.3 Å². The number of alkyl halides is 3.